The van der Waals surface area contributed by atoms with Crippen LogP contribution in [-0.4, -0.2) is 56.5 Å². The van der Waals surface area contributed by atoms with Crippen molar-refractivity contribution in [2.45, 2.75) is 31.9 Å². The molecule has 152 valence electrons. The van der Waals surface area contributed by atoms with Gasteiger partial charge in [0.1, 0.15) is 12.4 Å². The molecule has 1 aromatic rings. The first-order valence-corrected chi connectivity index (χ1v) is 9.33. The van der Waals surface area contributed by atoms with Gasteiger partial charge in [0.2, 0.25) is 0 Å². The molecule has 2 amide bonds. The van der Waals surface area contributed by atoms with E-state index < -0.39 is 17.8 Å². The summed E-state index contributed by atoms with van der Waals surface area (Å²) in [4.78, 5) is 27.1. The van der Waals surface area contributed by atoms with Gasteiger partial charge in [-0.25, -0.2) is 14.0 Å². The van der Waals surface area contributed by atoms with Crippen molar-refractivity contribution < 1.29 is 28.2 Å². The number of methoxy groups -OCH3 is 1. The molecule has 0 radical (unpaired) electrons. The molecule has 1 aromatic carbocycles. The Kier molecular flexibility index (Phi) is 6.64. The second-order valence-electron chi connectivity index (χ2n) is 6.81. The minimum atomic E-state index is -0.719. The molecule has 0 aliphatic carbocycles. The van der Waals surface area contributed by atoms with Crippen molar-refractivity contribution in [1.82, 2.24) is 10.2 Å². The van der Waals surface area contributed by atoms with Crippen LogP contribution in [0.3, 0.4) is 0 Å². The molecule has 0 saturated carbocycles. The third-order valence-electron chi connectivity index (χ3n) is 4.95. The number of halogens is 1. The molecule has 2 aliphatic rings. The molecule has 8 heteroatoms. The molecule has 0 spiro atoms. The molecule has 1 fully saturated rings. The van der Waals surface area contributed by atoms with Crippen LogP contribution in [0.5, 0.6) is 0 Å². The summed E-state index contributed by atoms with van der Waals surface area (Å²) in [6, 6.07) is 4.64. The molecule has 2 aliphatic heterocycles. The molecule has 1 N–H and O–H groups in total. The minimum Gasteiger partial charge on any atom is -0.460 e. The molecule has 0 aromatic heterocycles. The lowest BCUT2D eigenvalue weighted by atomic mass is 9.94. The van der Waals surface area contributed by atoms with Gasteiger partial charge in [-0.05, 0) is 37.5 Å². The molecule has 2 heterocycles. The van der Waals surface area contributed by atoms with Gasteiger partial charge in [-0.1, -0.05) is 12.1 Å². The fraction of sp³-hybridized carbons (Fsp3) is 0.500. The van der Waals surface area contributed by atoms with Crippen molar-refractivity contribution in [1.29, 1.82) is 0 Å². The number of benzene rings is 1. The summed E-state index contributed by atoms with van der Waals surface area (Å²) < 4.78 is 29.2. The summed E-state index contributed by atoms with van der Waals surface area (Å²) >= 11 is 0. The SMILES string of the molecule is COCCOC(=O)C1=C(C)N(C[C@@H]2CCCO2)C(=O)N[C@H]1c1ccc(F)cc1. The molecule has 1 saturated heterocycles. The third-order valence-corrected chi connectivity index (χ3v) is 4.95. The van der Waals surface area contributed by atoms with Gasteiger partial charge < -0.3 is 19.5 Å². The van der Waals surface area contributed by atoms with Crippen molar-refractivity contribution in [2.75, 3.05) is 33.5 Å². The normalized spacial score (nSPS) is 22.4. The van der Waals surface area contributed by atoms with Crippen LogP contribution in [0.25, 0.3) is 0 Å². The largest absolute Gasteiger partial charge is 0.460 e. The van der Waals surface area contributed by atoms with Gasteiger partial charge in [0.25, 0.3) is 0 Å². The molecule has 3 rings (SSSR count). The first kappa shape index (κ1) is 20.3. The van der Waals surface area contributed by atoms with Crippen LogP contribution in [-0.2, 0) is 19.0 Å². The molecule has 2 atom stereocenters. The van der Waals surface area contributed by atoms with E-state index in [-0.39, 0.29) is 25.3 Å². The summed E-state index contributed by atoms with van der Waals surface area (Å²) in [5.41, 5.74) is 1.43. The van der Waals surface area contributed by atoms with Crippen molar-refractivity contribution in [2.24, 2.45) is 0 Å². The van der Waals surface area contributed by atoms with Gasteiger partial charge in [0.15, 0.2) is 0 Å². The molecular formula is C20H25FN2O5. The Balaban J connectivity index is 1.91. The fourth-order valence-electron chi connectivity index (χ4n) is 3.46. The number of urea groups is 1. The van der Waals surface area contributed by atoms with E-state index in [1.807, 2.05) is 0 Å². The first-order valence-electron chi connectivity index (χ1n) is 9.33. The predicted octanol–water partition coefficient (Wildman–Crippen LogP) is 2.53. The van der Waals surface area contributed by atoms with Crippen molar-refractivity contribution >= 4 is 12.0 Å². The van der Waals surface area contributed by atoms with Crippen LogP contribution in [0.2, 0.25) is 0 Å². The molecule has 7 nitrogen and oxygen atoms in total. The highest BCUT2D eigenvalue weighted by atomic mass is 19.1. The first-order chi connectivity index (χ1) is 13.5. The maximum atomic E-state index is 13.3. The fourth-order valence-corrected chi connectivity index (χ4v) is 3.46. The van der Waals surface area contributed by atoms with E-state index >= 15 is 0 Å². The third kappa shape index (κ3) is 4.51. The van der Waals surface area contributed by atoms with E-state index in [4.69, 9.17) is 14.2 Å². The summed E-state index contributed by atoms with van der Waals surface area (Å²) in [5, 5.41) is 2.85. The maximum Gasteiger partial charge on any atom is 0.338 e. The predicted molar refractivity (Wildman–Crippen MR) is 98.9 cm³/mol. The van der Waals surface area contributed by atoms with Crippen LogP contribution in [0.1, 0.15) is 31.4 Å². The number of nitrogens with one attached hydrogen (secondary N) is 1. The summed E-state index contributed by atoms with van der Waals surface area (Å²) in [7, 11) is 1.52. The van der Waals surface area contributed by atoms with Crippen LogP contribution >= 0.6 is 0 Å². The number of nitrogens with zero attached hydrogens (tertiary/aromatic N) is 1. The number of carbonyl (C=O) groups excluding carboxylic acids is 2. The van der Waals surface area contributed by atoms with Gasteiger partial charge in [-0.2, -0.15) is 0 Å². The maximum absolute atomic E-state index is 13.3. The highest BCUT2D eigenvalue weighted by molar-refractivity contribution is 5.95. The van der Waals surface area contributed by atoms with Gasteiger partial charge >= 0.3 is 12.0 Å². The quantitative estimate of drug-likeness (QED) is 0.570. The summed E-state index contributed by atoms with van der Waals surface area (Å²) in [5.74, 6) is -0.933. The average Bonchev–Trinajstić information content (AvgIpc) is 3.18. The number of amides is 2. The summed E-state index contributed by atoms with van der Waals surface area (Å²) in [6.07, 6.45) is 1.76. The molecule has 28 heavy (non-hydrogen) atoms. The van der Waals surface area contributed by atoms with E-state index in [9.17, 15) is 14.0 Å². The molecule has 0 unspecified atom stereocenters. The number of carbonyl (C=O) groups is 2. The van der Waals surface area contributed by atoms with E-state index in [0.29, 0.717) is 30.0 Å². The Bertz CT molecular complexity index is 743. The van der Waals surface area contributed by atoms with Crippen molar-refractivity contribution in [3.8, 4) is 0 Å². The number of rotatable bonds is 7. The molecular weight excluding hydrogens is 367 g/mol. The average molecular weight is 392 g/mol. The minimum absolute atomic E-state index is 0.0613. The Morgan fingerprint density at radius 2 is 2.07 bits per heavy atom. The zero-order chi connectivity index (χ0) is 20.1. The number of allylic oxidation sites excluding steroid dienone is 1. The smallest absolute Gasteiger partial charge is 0.338 e. The number of esters is 1. The van der Waals surface area contributed by atoms with Crippen LogP contribution in [0, 0.1) is 5.82 Å². The second kappa shape index (κ2) is 9.16. The van der Waals surface area contributed by atoms with Gasteiger partial charge in [0, 0.05) is 19.4 Å². The van der Waals surface area contributed by atoms with Gasteiger partial charge in [0.05, 0.1) is 30.9 Å². The highest BCUT2D eigenvalue weighted by Crippen LogP contribution is 2.32. The van der Waals surface area contributed by atoms with E-state index in [0.717, 1.165) is 12.8 Å². The lowest BCUT2D eigenvalue weighted by Gasteiger charge is -2.36. The lowest BCUT2D eigenvalue weighted by Crippen LogP contribution is -2.50. The Labute approximate surface area is 163 Å². The Morgan fingerprint density at radius 3 is 2.71 bits per heavy atom. The lowest BCUT2D eigenvalue weighted by molar-refractivity contribution is -0.141. The zero-order valence-corrected chi connectivity index (χ0v) is 16.1. The van der Waals surface area contributed by atoms with Crippen molar-refractivity contribution in [3.05, 3.63) is 46.9 Å². The zero-order valence-electron chi connectivity index (χ0n) is 16.1. The van der Waals surface area contributed by atoms with Crippen LogP contribution < -0.4 is 5.32 Å². The highest BCUT2D eigenvalue weighted by Gasteiger charge is 2.37. The summed E-state index contributed by atoms with van der Waals surface area (Å²) in [6.45, 7) is 3.12. The Hall–Kier alpha value is -2.45. The topological polar surface area (TPSA) is 77.1 Å². The van der Waals surface area contributed by atoms with Crippen LogP contribution in [0.15, 0.2) is 35.5 Å². The van der Waals surface area contributed by atoms with E-state index in [2.05, 4.69) is 5.32 Å². The van der Waals surface area contributed by atoms with Gasteiger partial charge in [-0.3, -0.25) is 4.90 Å². The molecule has 0 bridgehead atoms. The van der Waals surface area contributed by atoms with E-state index in [1.165, 1.54) is 24.1 Å². The number of hydrogen-bond acceptors (Lipinski definition) is 5. The number of ether oxygens (including phenoxy) is 3. The second-order valence-corrected chi connectivity index (χ2v) is 6.81. The Morgan fingerprint density at radius 1 is 1.32 bits per heavy atom. The van der Waals surface area contributed by atoms with Crippen LogP contribution in [0.4, 0.5) is 9.18 Å². The van der Waals surface area contributed by atoms with Gasteiger partial charge in [-0.15, -0.1) is 0 Å². The standard InChI is InChI=1S/C20H25FN2O5/c1-13-17(19(24)28-11-10-26-2)18(14-5-7-15(21)8-6-14)22-20(25)23(13)12-16-4-3-9-27-16/h5-8,16,18H,3-4,9-12H2,1-2H3,(H,22,25)/t16-,18-/m0/s1. The monoisotopic (exact) mass is 392 g/mol. The van der Waals surface area contributed by atoms with E-state index in [1.54, 1.807) is 19.1 Å². The van der Waals surface area contributed by atoms with Crippen molar-refractivity contribution in [3.63, 3.8) is 0 Å². The number of hydrogen-bond donors (Lipinski definition) is 1.